The molecule has 3 atom stereocenters. The molecule has 0 amide bonds. The lowest BCUT2D eigenvalue weighted by atomic mass is 9.89. The van der Waals surface area contributed by atoms with Gasteiger partial charge in [0, 0.05) is 5.56 Å². The van der Waals surface area contributed by atoms with Crippen molar-refractivity contribution in [1.82, 2.24) is 0 Å². The van der Waals surface area contributed by atoms with Gasteiger partial charge in [-0.15, -0.1) is 0 Å². The fourth-order valence-corrected chi connectivity index (χ4v) is 7.97. The van der Waals surface area contributed by atoms with E-state index in [4.69, 9.17) is 0 Å². The second kappa shape index (κ2) is 8.20. The highest BCUT2D eigenvalue weighted by Crippen LogP contribution is 2.52. The third kappa shape index (κ3) is 3.70. The lowest BCUT2D eigenvalue weighted by Crippen LogP contribution is -2.35. The van der Waals surface area contributed by atoms with Crippen LogP contribution in [0.2, 0.25) is 0 Å². The van der Waals surface area contributed by atoms with Crippen molar-refractivity contribution in [1.29, 1.82) is 0 Å². The number of sulfone groups is 2. The van der Waals surface area contributed by atoms with Gasteiger partial charge in [0.1, 0.15) is 6.17 Å². The molecule has 0 spiro atoms. The molecule has 0 aliphatic heterocycles. The Morgan fingerprint density at radius 3 is 1.76 bits per heavy atom. The maximum absolute atomic E-state index is 15.1. The average molecular weight is 550 g/mol. The van der Waals surface area contributed by atoms with Gasteiger partial charge in [0.15, 0.2) is 55.2 Å². The Hall–Kier alpha value is -2.17. The number of rotatable bonds is 3. The summed E-state index contributed by atoms with van der Waals surface area (Å²) in [5.41, 5.74) is -13.9. The first-order valence-corrected chi connectivity index (χ1v) is 11.9. The van der Waals surface area contributed by atoms with Gasteiger partial charge < -0.3 is 0 Å². The summed E-state index contributed by atoms with van der Waals surface area (Å²) < 4.78 is 199. The summed E-state index contributed by atoms with van der Waals surface area (Å²) in [7, 11) is -13.3. The van der Waals surface area contributed by atoms with Gasteiger partial charge >= 0.3 is 5.51 Å². The first-order chi connectivity index (χ1) is 15.4. The Balaban J connectivity index is 2.52. The van der Waals surface area contributed by atoms with Crippen LogP contribution in [0.5, 0.6) is 0 Å². The molecule has 1 fully saturated rings. The summed E-state index contributed by atoms with van der Waals surface area (Å²) in [6, 6.07) is 0. The van der Waals surface area contributed by atoms with Crippen LogP contribution in [-0.4, -0.2) is 33.8 Å². The van der Waals surface area contributed by atoms with Crippen LogP contribution >= 0.6 is 0 Å². The van der Waals surface area contributed by atoms with E-state index in [1.807, 2.05) is 0 Å². The van der Waals surface area contributed by atoms with Crippen molar-refractivity contribution in [2.75, 3.05) is 0 Å². The number of halogens is 11. The Bertz CT molecular complexity index is 1340. The smallest absolute Gasteiger partial charge is 0.247 e. The zero-order valence-electron chi connectivity index (χ0n) is 16.0. The molecule has 0 bridgehead atoms. The SMILES string of the molecule is O=S(=O)(/C(=C1/C(F)=C(F)c2c(F)c(F)c(F)c(F)c2C1F)S(=O)(=O)C(F)(F)F)C1CCC(F)C1. The zero-order valence-corrected chi connectivity index (χ0v) is 17.6. The summed E-state index contributed by atoms with van der Waals surface area (Å²) >= 11 is 0. The minimum absolute atomic E-state index is 0.600. The molecule has 1 aromatic rings. The first-order valence-electron chi connectivity index (χ1n) is 8.86. The maximum atomic E-state index is 15.1. The third-order valence-electron chi connectivity index (χ3n) is 5.25. The average Bonchev–Trinajstić information content (AvgIpc) is 3.16. The van der Waals surface area contributed by atoms with Crippen LogP contribution in [0.1, 0.15) is 36.6 Å². The topological polar surface area (TPSA) is 68.3 Å². The molecule has 0 saturated heterocycles. The van der Waals surface area contributed by atoms with E-state index in [9.17, 15) is 60.7 Å². The summed E-state index contributed by atoms with van der Waals surface area (Å²) in [4.78, 5) is 0. The molecule has 4 nitrogen and oxygen atoms in total. The van der Waals surface area contributed by atoms with Crippen LogP contribution in [0.4, 0.5) is 48.3 Å². The molecular formula is C17H9F11O4S2. The Kier molecular flexibility index (Phi) is 6.38. The monoisotopic (exact) mass is 550 g/mol. The highest BCUT2D eigenvalue weighted by atomic mass is 32.3. The van der Waals surface area contributed by atoms with Crippen molar-refractivity contribution in [2.45, 2.75) is 42.4 Å². The molecule has 0 heterocycles. The van der Waals surface area contributed by atoms with Gasteiger partial charge in [-0.05, 0) is 19.3 Å². The molecule has 2 aliphatic carbocycles. The Labute approximate surface area is 183 Å². The molecule has 3 rings (SSSR count). The van der Waals surface area contributed by atoms with Gasteiger partial charge in [0.2, 0.25) is 0 Å². The summed E-state index contributed by atoms with van der Waals surface area (Å²) in [6.07, 6.45) is -8.54. The number of hydrogen-bond donors (Lipinski definition) is 0. The largest absolute Gasteiger partial charge is 0.502 e. The van der Waals surface area contributed by atoms with Gasteiger partial charge in [-0.1, -0.05) is 0 Å². The highest BCUT2D eigenvalue weighted by molar-refractivity contribution is 8.15. The number of fused-ring (bicyclic) bond motifs is 1. The molecule has 3 unspecified atom stereocenters. The molecule has 190 valence electrons. The lowest BCUT2D eigenvalue weighted by molar-refractivity contribution is -0.0425. The van der Waals surface area contributed by atoms with Crippen molar-refractivity contribution >= 4 is 25.5 Å². The molecule has 34 heavy (non-hydrogen) atoms. The minimum Gasteiger partial charge on any atom is -0.247 e. The molecule has 0 aromatic heterocycles. The van der Waals surface area contributed by atoms with Crippen LogP contribution in [0.25, 0.3) is 5.83 Å². The van der Waals surface area contributed by atoms with Gasteiger partial charge in [-0.2, -0.15) is 13.2 Å². The second-order valence-electron chi connectivity index (χ2n) is 7.26. The molecule has 0 radical (unpaired) electrons. The van der Waals surface area contributed by atoms with Crippen LogP contribution in [0.15, 0.2) is 15.6 Å². The van der Waals surface area contributed by atoms with E-state index in [0.717, 1.165) is 0 Å². The molecule has 2 aliphatic rings. The number of benzene rings is 1. The predicted octanol–water partition coefficient (Wildman–Crippen LogP) is 5.33. The van der Waals surface area contributed by atoms with Crippen LogP contribution in [0, 0.1) is 23.3 Å². The standard InChI is InChI=1S/C17H9F11O4S2/c18-4-1-2-5(3-4)33(29,30)16(34(31,32)17(26,27)28)8-9(19)6-7(10(20)13(8)23)12(22)15(25)14(24)11(6)21/h4-5,9H,1-3H2/b16-8-. The molecule has 1 aromatic carbocycles. The van der Waals surface area contributed by atoms with Crippen molar-refractivity contribution in [2.24, 2.45) is 0 Å². The third-order valence-corrected chi connectivity index (χ3v) is 9.96. The second-order valence-corrected chi connectivity index (χ2v) is 11.6. The Morgan fingerprint density at radius 1 is 0.765 bits per heavy atom. The van der Waals surface area contributed by atoms with E-state index in [-0.39, 0.29) is 0 Å². The molecule has 0 N–H and O–H groups in total. The van der Waals surface area contributed by atoms with Crippen LogP contribution < -0.4 is 0 Å². The highest BCUT2D eigenvalue weighted by Gasteiger charge is 2.58. The normalized spacial score (nSPS) is 25.6. The van der Waals surface area contributed by atoms with E-state index < -0.39 is 118 Å². The van der Waals surface area contributed by atoms with Crippen molar-refractivity contribution in [3.8, 4) is 0 Å². The van der Waals surface area contributed by atoms with Gasteiger partial charge in [-0.3, -0.25) is 0 Å². The van der Waals surface area contributed by atoms with Gasteiger partial charge in [-0.25, -0.2) is 52.0 Å². The quantitative estimate of drug-likeness (QED) is 0.290. The number of allylic oxidation sites excluding steroid dienone is 2. The number of hydrogen-bond acceptors (Lipinski definition) is 4. The summed E-state index contributed by atoms with van der Waals surface area (Å²) in [5, 5.41) is -2.28. The molecule has 1 saturated carbocycles. The summed E-state index contributed by atoms with van der Waals surface area (Å²) in [5.74, 6) is -17.0. The van der Waals surface area contributed by atoms with Gasteiger partial charge in [0.25, 0.3) is 9.84 Å². The van der Waals surface area contributed by atoms with Gasteiger partial charge in [0.05, 0.1) is 16.4 Å². The maximum Gasteiger partial charge on any atom is 0.502 e. The minimum atomic E-state index is -7.28. The fourth-order valence-electron chi connectivity index (χ4n) is 3.65. The lowest BCUT2D eigenvalue weighted by Gasteiger charge is -2.26. The number of alkyl halides is 5. The van der Waals surface area contributed by atoms with E-state index in [2.05, 4.69) is 0 Å². The molecule has 17 heteroatoms. The van der Waals surface area contributed by atoms with E-state index >= 15 is 4.39 Å². The Morgan fingerprint density at radius 2 is 1.29 bits per heavy atom. The van der Waals surface area contributed by atoms with Crippen molar-refractivity contribution in [3.05, 3.63) is 50.0 Å². The molecular weight excluding hydrogens is 541 g/mol. The summed E-state index contributed by atoms with van der Waals surface area (Å²) in [6.45, 7) is 0. The van der Waals surface area contributed by atoms with E-state index in [1.54, 1.807) is 0 Å². The van der Waals surface area contributed by atoms with Crippen molar-refractivity contribution in [3.63, 3.8) is 0 Å². The van der Waals surface area contributed by atoms with E-state index in [0.29, 0.717) is 0 Å². The zero-order chi connectivity index (χ0) is 26.1. The first kappa shape index (κ1) is 26.4. The fraction of sp³-hybridized carbons (Fsp3) is 0.412. The van der Waals surface area contributed by atoms with Crippen LogP contribution in [-0.2, 0) is 19.7 Å². The van der Waals surface area contributed by atoms with E-state index in [1.165, 1.54) is 0 Å². The van der Waals surface area contributed by atoms with Crippen LogP contribution in [0.3, 0.4) is 0 Å². The predicted molar refractivity (Wildman–Crippen MR) is 92.7 cm³/mol. The van der Waals surface area contributed by atoms with Crippen molar-refractivity contribution < 1.29 is 65.1 Å².